The van der Waals surface area contributed by atoms with Gasteiger partial charge in [0.25, 0.3) is 5.91 Å². The van der Waals surface area contributed by atoms with Gasteiger partial charge in [-0.05, 0) is 51.1 Å². The predicted octanol–water partition coefficient (Wildman–Crippen LogP) is 5.34. The van der Waals surface area contributed by atoms with Crippen LogP contribution in [0, 0.1) is 0 Å². The van der Waals surface area contributed by atoms with Gasteiger partial charge in [0.2, 0.25) is 0 Å². The van der Waals surface area contributed by atoms with Crippen molar-refractivity contribution in [3.05, 3.63) is 78.6 Å². The first-order valence-electron chi connectivity index (χ1n) is 8.77. The number of pyridine rings is 1. The van der Waals surface area contributed by atoms with Crippen molar-refractivity contribution < 1.29 is 9.53 Å². The molecule has 0 unspecified atom stereocenters. The second-order valence-corrected chi connectivity index (χ2v) is 7.20. The van der Waals surface area contributed by atoms with Crippen molar-refractivity contribution in [1.29, 1.82) is 0 Å². The summed E-state index contributed by atoms with van der Waals surface area (Å²) in [5.41, 5.74) is 1.75. The summed E-state index contributed by atoms with van der Waals surface area (Å²) in [6.07, 6.45) is 3.25. The Morgan fingerprint density at radius 2 is 1.67 bits per heavy atom. The quantitative estimate of drug-likeness (QED) is 0.644. The van der Waals surface area contributed by atoms with Gasteiger partial charge in [-0.2, -0.15) is 0 Å². The zero-order valence-corrected chi connectivity index (χ0v) is 15.7. The van der Waals surface area contributed by atoms with Gasteiger partial charge in [-0.3, -0.25) is 9.78 Å². The molecule has 27 heavy (non-hydrogen) atoms. The van der Waals surface area contributed by atoms with E-state index < -0.39 is 0 Å². The minimum absolute atomic E-state index is 0.118. The van der Waals surface area contributed by atoms with Gasteiger partial charge in [-0.25, -0.2) is 0 Å². The number of ether oxygens (including phenoxy) is 1. The molecule has 5 heteroatoms. The maximum absolute atomic E-state index is 12.7. The lowest BCUT2D eigenvalue weighted by atomic mass is 10.1. The van der Waals surface area contributed by atoms with E-state index in [4.69, 9.17) is 4.74 Å². The molecule has 2 N–H and O–H groups in total. The standard InChI is InChI=1S/C22H23N3O2/c1-22(2,3)25-17-13-16(14-23-15-17)21(26)24-19-11-7-8-12-20(19)27-18-9-5-4-6-10-18/h4-15,25H,1-3H3,(H,24,26). The lowest BCUT2D eigenvalue weighted by Crippen LogP contribution is -2.26. The molecular formula is C22H23N3O2. The maximum Gasteiger partial charge on any atom is 0.257 e. The molecule has 0 radical (unpaired) electrons. The molecule has 0 aliphatic carbocycles. The summed E-state index contributed by atoms with van der Waals surface area (Å²) in [7, 11) is 0. The van der Waals surface area contributed by atoms with E-state index in [2.05, 4.69) is 36.4 Å². The number of amides is 1. The third-order valence-corrected chi connectivity index (χ3v) is 3.63. The van der Waals surface area contributed by atoms with Gasteiger partial charge in [0.1, 0.15) is 5.75 Å². The van der Waals surface area contributed by atoms with Crippen LogP contribution < -0.4 is 15.4 Å². The summed E-state index contributed by atoms with van der Waals surface area (Å²) in [6, 6.07) is 18.6. The highest BCUT2D eigenvalue weighted by Gasteiger charge is 2.14. The second kappa shape index (κ2) is 7.91. The summed E-state index contributed by atoms with van der Waals surface area (Å²) in [5.74, 6) is 1.04. The third kappa shape index (κ3) is 5.31. The number of nitrogens with zero attached hydrogens (tertiary/aromatic N) is 1. The van der Waals surface area contributed by atoms with Gasteiger partial charge in [0.05, 0.1) is 16.9 Å². The van der Waals surface area contributed by atoms with Gasteiger partial charge in [0.15, 0.2) is 5.75 Å². The summed E-state index contributed by atoms with van der Waals surface area (Å²) in [6.45, 7) is 6.16. The molecule has 5 nitrogen and oxygen atoms in total. The molecule has 0 aliphatic rings. The number of hydrogen-bond acceptors (Lipinski definition) is 4. The Hall–Kier alpha value is -3.34. The molecule has 3 rings (SSSR count). The van der Waals surface area contributed by atoms with Gasteiger partial charge in [0, 0.05) is 17.9 Å². The fraction of sp³-hybridized carbons (Fsp3) is 0.182. The van der Waals surface area contributed by atoms with Crippen molar-refractivity contribution >= 4 is 17.3 Å². The van der Waals surface area contributed by atoms with E-state index in [9.17, 15) is 4.79 Å². The largest absolute Gasteiger partial charge is 0.455 e. The highest BCUT2D eigenvalue weighted by molar-refractivity contribution is 6.05. The Kier molecular flexibility index (Phi) is 5.41. The van der Waals surface area contributed by atoms with Crippen molar-refractivity contribution in [2.24, 2.45) is 0 Å². The molecule has 0 saturated carbocycles. The summed E-state index contributed by atoms with van der Waals surface area (Å²) in [5, 5.41) is 6.22. The minimum Gasteiger partial charge on any atom is -0.455 e. The van der Waals surface area contributed by atoms with Crippen LogP contribution in [0.5, 0.6) is 11.5 Å². The van der Waals surface area contributed by atoms with Gasteiger partial charge >= 0.3 is 0 Å². The molecule has 1 heterocycles. The van der Waals surface area contributed by atoms with Crippen molar-refractivity contribution in [2.45, 2.75) is 26.3 Å². The van der Waals surface area contributed by atoms with Gasteiger partial charge < -0.3 is 15.4 Å². The number of hydrogen-bond donors (Lipinski definition) is 2. The molecule has 0 fully saturated rings. The second-order valence-electron chi connectivity index (χ2n) is 7.20. The van der Waals surface area contributed by atoms with E-state index in [1.165, 1.54) is 0 Å². The molecule has 3 aromatic rings. The van der Waals surface area contributed by atoms with E-state index in [-0.39, 0.29) is 11.4 Å². The van der Waals surface area contributed by atoms with E-state index in [0.717, 1.165) is 5.69 Å². The molecule has 2 aromatic carbocycles. The molecule has 1 aromatic heterocycles. The van der Waals surface area contributed by atoms with Crippen molar-refractivity contribution in [2.75, 3.05) is 10.6 Å². The first-order chi connectivity index (χ1) is 12.9. The zero-order chi connectivity index (χ0) is 19.3. The summed E-state index contributed by atoms with van der Waals surface area (Å²) < 4.78 is 5.89. The van der Waals surface area contributed by atoms with Crippen LogP contribution in [0.1, 0.15) is 31.1 Å². The number of benzene rings is 2. The number of rotatable bonds is 5. The topological polar surface area (TPSA) is 63.2 Å². The molecule has 0 atom stereocenters. The number of nitrogens with one attached hydrogen (secondary N) is 2. The van der Waals surface area contributed by atoms with E-state index in [1.807, 2.05) is 48.5 Å². The Morgan fingerprint density at radius 3 is 2.41 bits per heavy atom. The number of para-hydroxylation sites is 3. The molecule has 0 saturated heterocycles. The number of anilines is 2. The average Bonchev–Trinajstić information content (AvgIpc) is 2.63. The lowest BCUT2D eigenvalue weighted by molar-refractivity contribution is 0.102. The minimum atomic E-state index is -0.246. The number of carbonyl (C=O) groups excluding carboxylic acids is 1. The van der Waals surface area contributed by atoms with Crippen molar-refractivity contribution in [1.82, 2.24) is 4.98 Å². The van der Waals surface area contributed by atoms with Crippen LogP contribution in [0.25, 0.3) is 0 Å². The fourth-order valence-corrected chi connectivity index (χ4v) is 2.53. The molecular weight excluding hydrogens is 338 g/mol. The van der Waals surface area contributed by atoms with Gasteiger partial charge in [-0.1, -0.05) is 30.3 Å². The Labute approximate surface area is 159 Å². The highest BCUT2D eigenvalue weighted by atomic mass is 16.5. The maximum atomic E-state index is 12.7. The van der Waals surface area contributed by atoms with Crippen LogP contribution in [0.3, 0.4) is 0 Å². The van der Waals surface area contributed by atoms with Crippen LogP contribution in [-0.2, 0) is 0 Å². The van der Waals surface area contributed by atoms with Crippen molar-refractivity contribution in [3.63, 3.8) is 0 Å². The zero-order valence-electron chi connectivity index (χ0n) is 15.7. The van der Waals surface area contributed by atoms with Crippen LogP contribution in [0.15, 0.2) is 73.1 Å². The molecule has 0 bridgehead atoms. The molecule has 1 amide bonds. The van der Waals surface area contributed by atoms with Crippen LogP contribution in [0.4, 0.5) is 11.4 Å². The van der Waals surface area contributed by atoms with E-state index in [1.54, 1.807) is 24.5 Å². The number of aromatic nitrogens is 1. The van der Waals surface area contributed by atoms with Crippen LogP contribution in [-0.4, -0.2) is 16.4 Å². The SMILES string of the molecule is CC(C)(C)Nc1cncc(C(=O)Nc2ccccc2Oc2ccccc2)c1. The normalized spacial score (nSPS) is 10.9. The smallest absolute Gasteiger partial charge is 0.257 e. The predicted molar refractivity (Wildman–Crippen MR) is 109 cm³/mol. The number of carbonyl (C=O) groups is 1. The van der Waals surface area contributed by atoms with E-state index in [0.29, 0.717) is 22.7 Å². The molecule has 0 spiro atoms. The Morgan fingerprint density at radius 1 is 0.963 bits per heavy atom. The third-order valence-electron chi connectivity index (χ3n) is 3.63. The van der Waals surface area contributed by atoms with Gasteiger partial charge in [-0.15, -0.1) is 0 Å². The highest BCUT2D eigenvalue weighted by Crippen LogP contribution is 2.29. The summed E-state index contributed by atoms with van der Waals surface area (Å²) in [4.78, 5) is 16.9. The van der Waals surface area contributed by atoms with E-state index >= 15 is 0 Å². The fourth-order valence-electron chi connectivity index (χ4n) is 2.53. The average molecular weight is 361 g/mol. The lowest BCUT2D eigenvalue weighted by Gasteiger charge is -2.22. The van der Waals surface area contributed by atoms with Crippen LogP contribution >= 0.6 is 0 Å². The molecule has 0 aliphatic heterocycles. The monoisotopic (exact) mass is 361 g/mol. The first-order valence-corrected chi connectivity index (χ1v) is 8.77. The van der Waals surface area contributed by atoms with Crippen molar-refractivity contribution in [3.8, 4) is 11.5 Å². The Balaban J connectivity index is 1.78. The molecule has 138 valence electrons. The Bertz CT molecular complexity index is 918. The first kappa shape index (κ1) is 18.5. The van der Waals surface area contributed by atoms with Crippen LogP contribution in [0.2, 0.25) is 0 Å². The summed E-state index contributed by atoms with van der Waals surface area (Å²) >= 11 is 0.